The molecule has 0 saturated heterocycles. The second-order valence-corrected chi connectivity index (χ2v) is 17.4. The Labute approximate surface area is 343 Å². The molecule has 1 saturated carbocycles. The van der Waals surface area contributed by atoms with Crippen LogP contribution in [0.1, 0.15) is 162 Å². The topological polar surface area (TPSA) is 210 Å². The average Bonchev–Trinajstić information content (AvgIpc) is 3.46. The van der Waals surface area contributed by atoms with E-state index in [-0.39, 0.29) is 31.1 Å². The molecule has 13 nitrogen and oxygen atoms in total. The fraction of sp³-hybridized carbons (Fsp3) is 0.860. The number of ether oxygens (including phenoxy) is 2. The number of aliphatic hydroxyl groups is 5. The van der Waals surface area contributed by atoms with Gasteiger partial charge in [0.1, 0.15) is 12.7 Å². The molecule has 1 rings (SSSR count). The normalized spacial score (nSPS) is 21.8. The molecule has 0 aromatic carbocycles. The molecule has 14 heteroatoms. The molecule has 57 heavy (non-hydrogen) atoms. The fourth-order valence-corrected chi connectivity index (χ4v) is 7.63. The number of phosphoric acid groups is 1. The van der Waals surface area contributed by atoms with Crippen LogP contribution >= 0.6 is 7.82 Å². The summed E-state index contributed by atoms with van der Waals surface area (Å²) in [4.78, 5) is 35.2. The lowest BCUT2D eigenvalue weighted by atomic mass is 9.89. The molecule has 2 unspecified atom stereocenters. The van der Waals surface area contributed by atoms with Gasteiger partial charge in [-0.15, -0.1) is 0 Å². The molecule has 0 spiro atoms. The van der Waals surface area contributed by atoms with Crippen LogP contribution in [0.5, 0.6) is 0 Å². The van der Waals surface area contributed by atoms with Crippen LogP contribution < -0.4 is 0 Å². The number of rotatable bonds is 36. The quantitative estimate of drug-likeness (QED) is 0.0155. The van der Waals surface area contributed by atoms with Crippen molar-refractivity contribution in [3.05, 3.63) is 24.3 Å². The van der Waals surface area contributed by atoms with E-state index in [1.807, 2.05) is 18.2 Å². The maximum Gasteiger partial charge on any atom is 0.472 e. The van der Waals surface area contributed by atoms with E-state index >= 15 is 0 Å². The molecule has 0 aromatic rings. The second kappa shape index (κ2) is 33.1. The van der Waals surface area contributed by atoms with Gasteiger partial charge in [-0.05, 0) is 43.9 Å². The van der Waals surface area contributed by atoms with Crippen molar-refractivity contribution in [3.8, 4) is 0 Å². The van der Waals surface area contributed by atoms with Crippen LogP contribution in [-0.4, -0.2) is 99.3 Å². The van der Waals surface area contributed by atoms with Crippen LogP contribution in [0.3, 0.4) is 0 Å². The minimum Gasteiger partial charge on any atom is -0.462 e. The van der Waals surface area contributed by atoms with Gasteiger partial charge in [0, 0.05) is 25.2 Å². The summed E-state index contributed by atoms with van der Waals surface area (Å²) < 4.78 is 32.7. The Morgan fingerprint density at radius 1 is 0.772 bits per heavy atom. The first-order chi connectivity index (χ1) is 27.3. The Hall–Kier alpha value is -1.67. The van der Waals surface area contributed by atoms with Crippen molar-refractivity contribution < 1.29 is 63.1 Å². The molecule has 9 atom stereocenters. The minimum absolute atomic E-state index is 0.0663. The molecular formula is C43H79O13P. The van der Waals surface area contributed by atoms with Crippen molar-refractivity contribution in [1.29, 1.82) is 0 Å². The summed E-state index contributed by atoms with van der Waals surface area (Å²) in [7, 11) is -4.67. The number of unbranched alkanes of at least 4 members (excludes halogenated alkanes) is 12. The molecule has 0 bridgehead atoms. The highest BCUT2D eigenvalue weighted by molar-refractivity contribution is 7.47. The average molecular weight is 835 g/mol. The zero-order chi connectivity index (χ0) is 42.3. The summed E-state index contributed by atoms with van der Waals surface area (Å²) in [5.74, 6) is -0.729. The lowest BCUT2D eigenvalue weighted by Gasteiger charge is -2.20. The van der Waals surface area contributed by atoms with Gasteiger partial charge >= 0.3 is 19.8 Å². The summed E-state index contributed by atoms with van der Waals surface area (Å²) in [6.45, 7) is 4.33. The largest absolute Gasteiger partial charge is 0.472 e. The lowest BCUT2D eigenvalue weighted by molar-refractivity contribution is -0.161. The van der Waals surface area contributed by atoms with E-state index in [0.29, 0.717) is 32.1 Å². The Kier molecular flexibility index (Phi) is 31.0. The third-order valence-electron chi connectivity index (χ3n) is 10.7. The van der Waals surface area contributed by atoms with Gasteiger partial charge < -0.3 is 39.9 Å². The first-order valence-corrected chi connectivity index (χ1v) is 23.4. The monoisotopic (exact) mass is 835 g/mol. The van der Waals surface area contributed by atoms with E-state index in [4.69, 9.17) is 19.1 Å². The van der Waals surface area contributed by atoms with Gasteiger partial charge in [-0.1, -0.05) is 135 Å². The Bertz CT molecular complexity index is 1130. The summed E-state index contributed by atoms with van der Waals surface area (Å²) in [5, 5.41) is 49.6. The van der Waals surface area contributed by atoms with Gasteiger partial charge in [0.05, 0.1) is 38.1 Å². The molecule has 6 N–H and O–H groups in total. The van der Waals surface area contributed by atoms with E-state index in [1.165, 1.54) is 51.4 Å². The number of allylic oxidation sites excluding steroid dienone is 2. The highest BCUT2D eigenvalue weighted by Gasteiger charge is 2.39. The molecule has 1 aliphatic rings. The summed E-state index contributed by atoms with van der Waals surface area (Å²) in [6.07, 6.45) is 22.4. The third-order valence-corrected chi connectivity index (χ3v) is 11.7. The number of carbonyl (C=O) groups excluding carboxylic acids is 2. The van der Waals surface area contributed by atoms with E-state index in [1.54, 1.807) is 6.08 Å². The number of hydrogen-bond donors (Lipinski definition) is 6. The first-order valence-electron chi connectivity index (χ1n) is 21.9. The molecule has 334 valence electrons. The van der Waals surface area contributed by atoms with Gasteiger partial charge in [0.25, 0.3) is 0 Å². The molecule has 0 radical (unpaired) electrons. The van der Waals surface area contributed by atoms with Crippen molar-refractivity contribution in [2.75, 3.05) is 26.4 Å². The summed E-state index contributed by atoms with van der Waals surface area (Å²) in [5.41, 5.74) is 0. The van der Waals surface area contributed by atoms with Gasteiger partial charge in [-0.2, -0.15) is 0 Å². The number of hydrogen-bond acceptors (Lipinski definition) is 12. The Morgan fingerprint density at radius 2 is 1.39 bits per heavy atom. The van der Waals surface area contributed by atoms with Crippen molar-refractivity contribution in [3.63, 3.8) is 0 Å². The van der Waals surface area contributed by atoms with Crippen molar-refractivity contribution in [2.24, 2.45) is 17.8 Å². The third kappa shape index (κ3) is 27.7. The molecule has 0 aromatic heterocycles. The van der Waals surface area contributed by atoms with Gasteiger partial charge in [0.15, 0.2) is 6.10 Å². The Morgan fingerprint density at radius 3 is 2.04 bits per heavy atom. The number of esters is 2. The number of aliphatic hydroxyl groups excluding tert-OH is 5. The molecule has 0 aliphatic heterocycles. The highest BCUT2D eigenvalue weighted by Crippen LogP contribution is 2.43. The standard InChI is InChI=1S/C43H79O13P/c1-4-6-17-23-35(45)27-28-39-38(40(47)29-41(39)48)24-19-15-16-20-25-42(49)53-32-37(33-55-57(51,52)54-31-36(46)30-44)56-43(50)26-21-14-12-10-8-7-9-11-13-18-22-34(3)5-2/h15,19,27-28,34-41,44-48H,4-14,16-18,20-26,29-33H2,1-3H3,(H,51,52)/b19-15+,28-27+/t34?,35-,36-,37+,38+,39+,40-,41+/m0/s1. The summed E-state index contributed by atoms with van der Waals surface area (Å²) in [6, 6.07) is 0. The SMILES string of the molecule is CCCCC[C@H](O)/C=C/[C@@H]1[C@@H](C/C=C/CCCC(=O)OC[C@H](COP(=O)(O)OC[C@@H](O)CO)OC(=O)CCCCCCCCCCCCC(C)CC)[C@@H](O)C[C@H]1O. The zero-order valence-electron chi connectivity index (χ0n) is 35.3. The van der Waals surface area contributed by atoms with Crippen LogP contribution in [0, 0.1) is 17.8 Å². The van der Waals surface area contributed by atoms with Crippen molar-refractivity contribution >= 4 is 19.8 Å². The fourth-order valence-electron chi connectivity index (χ4n) is 6.85. The number of carbonyl (C=O) groups is 2. The first kappa shape index (κ1) is 53.3. The highest BCUT2D eigenvalue weighted by atomic mass is 31.2. The van der Waals surface area contributed by atoms with Gasteiger partial charge in [-0.3, -0.25) is 18.6 Å². The van der Waals surface area contributed by atoms with E-state index in [9.17, 15) is 39.5 Å². The van der Waals surface area contributed by atoms with Crippen LogP contribution in [0.4, 0.5) is 0 Å². The van der Waals surface area contributed by atoms with Gasteiger partial charge in [-0.25, -0.2) is 4.57 Å². The smallest absolute Gasteiger partial charge is 0.462 e. The molecule has 1 aliphatic carbocycles. The van der Waals surface area contributed by atoms with Crippen molar-refractivity contribution in [1.82, 2.24) is 0 Å². The van der Waals surface area contributed by atoms with Crippen LogP contribution in [-0.2, 0) is 32.7 Å². The predicted molar refractivity (Wildman–Crippen MR) is 221 cm³/mol. The summed E-state index contributed by atoms with van der Waals surface area (Å²) >= 11 is 0. The van der Waals surface area contributed by atoms with Crippen LogP contribution in [0.25, 0.3) is 0 Å². The van der Waals surface area contributed by atoms with Gasteiger partial charge in [0.2, 0.25) is 0 Å². The molecule has 0 heterocycles. The zero-order valence-corrected chi connectivity index (χ0v) is 36.2. The maximum absolute atomic E-state index is 12.6. The molecular weight excluding hydrogens is 755 g/mol. The van der Waals surface area contributed by atoms with E-state index in [0.717, 1.165) is 44.4 Å². The minimum atomic E-state index is -4.67. The number of phosphoric ester groups is 1. The second-order valence-electron chi connectivity index (χ2n) is 15.9. The van der Waals surface area contributed by atoms with Crippen LogP contribution in [0.2, 0.25) is 0 Å². The van der Waals surface area contributed by atoms with E-state index in [2.05, 4.69) is 25.3 Å². The van der Waals surface area contributed by atoms with Crippen LogP contribution in [0.15, 0.2) is 24.3 Å². The maximum atomic E-state index is 12.6. The lowest BCUT2D eigenvalue weighted by Crippen LogP contribution is -2.29. The molecule has 1 fully saturated rings. The Balaban J connectivity index is 2.48. The van der Waals surface area contributed by atoms with E-state index < -0.39 is 76.7 Å². The predicted octanol–water partition coefficient (Wildman–Crippen LogP) is 7.63. The molecule has 0 amide bonds. The van der Waals surface area contributed by atoms with Crippen molar-refractivity contribution in [2.45, 2.75) is 193 Å².